The molecular formula is C36H37F3N2O3S. The number of piperazine rings is 1. The first-order valence-corrected chi connectivity index (χ1v) is 16.1. The van der Waals surface area contributed by atoms with E-state index < -0.39 is 11.7 Å². The topological polar surface area (TPSA) is 49.9 Å². The minimum absolute atomic E-state index is 0.0547. The van der Waals surface area contributed by atoms with Crippen LogP contribution in [-0.4, -0.2) is 60.2 Å². The Balaban J connectivity index is 1.12. The number of thioether (sulfide) groups is 1. The molecule has 1 aliphatic heterocycles. The summed E-state index contributed by atoms with van der Waals surface area (Å²) in [6.07, 6.45) is 1.98. The SMILES string of the molecule is COc1ccc(C2C(Cc3ccccc3)=CC=C2SCCCC(=O)N2CCN(C(=O)c3ccc(C(F)(F)F)cc3)C(C)C2)cc1. The van der Waals surface area contributed by atoms with E-state index in [1.165, 1.54) is 33.7 Å². The van der Waals surface area contributed by atoms with Crippen LogP contribution in [0.25, 0.3) is 0 Å². The fourth-order valence-electron chi connectivity index (χ4n) is 5.89. The molecule has 2 unspecified atom stereocenters. The molecule has 9 heteroatoms. The van der Waals surface area contributed by atoms with Crippen molar-refractivity contribution in [3.8, 4) is 5.75 Å². The Hall–Kier alpha value is -3.98. The normalized spacial score (nSPS) is 18.4. The van der Waals surface area contributed by atoms with E-state index in [1.807, 2.05) is 25.1 Å². The second-order valence-corrected chi connectivity index (χ2v) is 12.6. The fraction of sp³-hybridized carbons (Fsp3) is 0.333. The Labute approximate surface area is 266 Å². The highest BCUT2D eigenvalue weighted by molar-refractivity contribution is 8.03. The predicted molar refractivity (Wildman–Crippen MR) is 172 cm³/mol. The van der Waals surface area contributed by atoms with Gasteiger partial charge in [0.25, 0.3) is 5.91 Å². The molecule has 0 N–H and O–H groups in total. The number of methoxy groups -OCH3 is 1. The largest absolute Gasteiger partial charge is 0.497 e. The molecule has 3 aromatic carbocycles. The lowest BCUT2D eigenvalue weighted by Crippen LogP contribution is -2.55. The summed E-state index contributed by atoms with van der Waals surface area (Å²) in [6, 6.07) is 22.7. The molecule has 2 aliphatic rings. The molecule has 0 bridgehead atoms. The summed E-state index contributed by atoms with van der Waals surface area (Å²) >= 11 is 1.79. The Morgan fingerprint density at radius 1 is 0.933 bits per heavy atom. The summed E-state index contributed by atoms with van der Waals surface area (Å²) in [7, 11) is 1.66. The van der Waals surface area contributed by atoms with Crippen molar-refractivity contribution >= 4 is 23.6 Å². The average molecular weight is 635 g/mol. The maximum Gasteiger partial charge on any atom is 0.416 e. The van der Waals surface area contributed by atoms with E-state index in [-0.39, 0.29) is 29.3 Å². The maximum atomic E-state index is 13.1. The number of carbonyl (C=O) groups excluding carboxylic acids is 2. The number of carbonyl (C=O) groups is 2. The van der Waals surface area contributed by atoms with Gasteiger partial charge in [0, 0.05) is 43.6 Å². The van der Waals surface area contributed by atoms with Gasteiger partial charge >= 0.3 is 6.18 Å². The Kier molecular flexibility index (Phi) is 10.4. The van der Waals surface area contributed by atoms with Crippen molar-refractivity contribution < 1.29 is 27.5 Å². The van der Waals surface area contributed by atoms with Crippen molar-refractivity contribution in [3.05, 3.63) is 124 Å². The highest BCUT2D eigenvalue weighted by Gasteiger charge is 2.33. The molecule has 5 nitrogen and oxygen atoms in total. The Morgan fingerprint density at radius 2 is 1.64 bits per heavy atom. The van der Waals surface area contributed by atoms with Crippen LogP contribution in [0.1, 0.15) is 52.7 Å². The first kappa shape index (κ1) is 32.4. The van der Waals surface area contributed by atoms with Crippen LogP contribution in [-0.2, 0) is 17.4 Å². The van der Waals surface area contributed by atoms with Crippen LogP contribution in [0, 0.1) is 0 Å². The third-order valence-electron chi connectivity index (χ3n) is 8.32. The number of ether oxygens (including phenoxy) is 1. The van der Waals surface area contributed by atoms with Gasteiger partial charge in [-0.25, -0.2) is 0 Å². The van der Waals surface area contributed by atoms with Crippen LogP contribution in [0.2, 0.25) is 0 Å². The van der Waals surface area contributed by atoms with E-state index in [1.54, 1.807) is 28.7 Å². The van der Waals surface area contributed by atoms with E-state index in [0.29, 0.717) is 26.1 Å². The molecule has 1 fully saturated rings. The number of amides is 2. The summed E-state index contributed by atoms with van der Waals surface area (Å²) in [5.41, 5.74) is 3.24. The molecule has 5 rings (SSSR count). The third-order valence-corrected chi connectivity index (χ3v) is 9.52. The number of alkyl halides is 3. The standard InChI is InChI=1S/C36H37F3N2O3S/c1-25-24-40(20-21-41(25)35(43)28-10-15-30(16-11-28)36(37,38)39)33(42)9-6-22-45-32-19-14-29(23-26-7-4-3-5-8-26)34(32)27-12-17-31(44-2)18-13-27/h3-5,7-8,10-19,25,34H,6,9,20-24H2,1-2H3. The number of allylic oxidation sites excluding steroid dienone is 4. The highest BCUT2D eigenvalue weighted by atomic mass is 32.2. The van der Waals surface area contributed by atoms with Crippen molar-refractivity contribution in [1.29, 1.82) is 0 Å². The van der Waals surface area contributed by atoms with Gasteiger partial charge in [0.1, 0.15) is 5.75 Å². The number of hydrogen-bond acceptors (Lipinski definition) is 4. The summed E-state index contributed by atoms with van der Waals surface area (Å²) < 4.78 is 44.1. The second-order valence-electron chi connectivity index (χ2n) is 11.4. The minimum atomic E-state index is -4.45. The van der Waals surface area contributed by atoms with Gasteiger partial charge in [0.05, 0.1) is 12.7 Å². The molecule has 0 radical (unpaired) electrons. The molecule has 236 valence electrons. The lowest BCUT2D eigenvalue weighted by atomic mass is 9.89. The Bertz CT molecular complexity index is 1540. The first-order chi connectivity index (χ1) is 21.6. The van der Waals surface area contributed by atoms with Crippen LogP contribution >= 0.6 is 11.8 Å². The highest BCUT2D eigenvalue weighted by Crippen LogP contribution is 2.44. The van der Waals surface area contributed by atoms with Gasteiger partial charge in [-0.3, -0.25) is 9.59 Å². The summed E-state index contributed by atoms with van der Waals surface area (Å²) in [5.74, 6) is 1.52. The lowest BCUT2D eigenvalue weighted by molar-refractivity contribution is -0.137. The minimum Gasteiger partial charge on any atom is -0.497 e. The zero-order chi connectivity index (χ0) is 32.0. The molecule has 1 heterocycles. The van der Waals surface area contributed by atoms with Gasteiger partial charge in [0.2, 0.25) is 5.91 Å². The second kappa shape index (κ2) is 14.4. The third kappa shape index (κ3) is 8.00. The van der Waals surface area contributed by atoms with Crippen LogP contribution in [0.4, 0.5) is 13.2 Å². The van der Waals surface area contributed by atoms with Crippen molar-refractivity contribution in [3.63, 3.8) is 0 Å². The molecule has 0 spiro atoms. The quantitative estimate of drug-likeness (QED) is 0.214. The molecule has 2 amide bonds. The van der Waals surface area contributed by atoms with Crippen molar-refractivity contribution in [1.82, 2.24) is 9.80 Å². The number of nitrogens with zero attached hydrogens (tertiary/aromatic N) is 2. The number of benzene rings is 3. The van der Waals surface area contributed by atoms with Gasteiger partial charge in [-0.05, 0) is 77.9 Å². The van der Waals surface area contributed by atoms with Crippen molar-refractivity contribution in [2.45, 2.75) is 44.3 Å². The Morgan fingerprint density at radius 3 is 2.29 bits per heavy atom. The molecular weight excluding hydrogens is 597 g/mol. The molecule has 0 aromatic heterocycles. The smallest absolute Gasteiger partial charge is 0.416 e. The molecule has 1 aliphatic carbocycles. The summed E-state index contributed by atoms with van der Waals surface area (Å²) in [6.45, 7) is 3.01. The first-order valence-electron chi connectivity index (χ1n) is 15.1. The summed E-state index contributed by atoms with van der Waals surface area (Å²) in [5, 5.41) is 0. The predicted octanol–water partition coefficient (Wildman–Crippen LogP) is 7.75. The van der Waals surface area contributed by atoms with Crippen LogP contribution in [0.5, 0.6) is 5.75 Å². The molecule has 3 aromatic rings. The molecule has 2 atom stereocenters. The molecule has 45 heavy (non-hydrogen) atoms. The van der Waals surface area contributed by atoms with Gasteiger partial charge in [-0.1, -0.05) is 60.2 Å². The average Bonchev–Trinajstić information content (AvgIpc) is 3.44. The zero-order valence-corrected chi connectivity index (χ0v) is 26.2. The maximum absolute atomic E-state index is 13.1. The molecule has 0 saturated carbocycles. The van der Waals surface area contributed by atoms with E-state index in [9.17, 15) is 22.8 Å². The fourth-order valence-corrected chi connectivity index (χ4v) is 7.03. The van der Waals surface area contributed by atoms with Gasteiger partial charge in [-0.15, -0.1) is 11.8 Å². The van der Waals surface area contributed by atoms with E-state index in [4.69, 9.17) is 4.74 Å². The monoisotopic (exact) mass is 634 g/mol. The number of hydrogen-bond donors (Lipinski definition) is 0. The molecule has 1 saturated heterocycles. The van der Waals surface area contributed by atoms with Gasteiger partial charge in [0.15, 0.2) is 0 Å². The van der Waals surface area contributed by atoms with Crippen molar-refractivity contribution in [2.75, 3.05) is 32.5 Å². The van der Waals surface area contributed by atoms with Crippen LogP contribution < -0.4 is 4.74 Å². The zero-order valence-electron chi connectivity index (χ0n) is 25.4. The number of halogens is 3. The van der Waals surface area contributed by atoms with E-state index in [0.717, 1.165) is 36.5 Å². The lowest BCUT2D eigenvalue weighted by Gasteiger charge is -2.40. The summed E-state index contributed by atoms with van der Waals surface area (Å²) in [4.78, 5) is 30.8. The van der Waals surface area contributed by atoms with Crippen molar-refractivity contribution in [2.24, 2.45) is 0 Å². The van der Waals surface area contributed by atoms with E-state index >= 15 is 0 Å². The van der Waals surface area contributed by atoms with Crippen LogP contribution in [0.15, 0.2) is 101 Å². The van der Waals surface area contributed by atoms with Gasteiger partial charge in [-0.2, -0.15) is 13.2 Å². The number of rotatable bonds is 10. The van der Waals surface area contributed by atoms with E-state index in [2.05, 4.69) is 48.6 Å². The van der Waals surface area contributed by atoms with Crippen LogP contribution in [0.3, 0.4) is 0 Å². The van der Waals surface area contributed by atoms with Gasteiger partial charge < -0.3 is 14.5 Å².